The third-order valence-electron chi connectivity index (χ3n) is 2.38. The number of hydrogen-bond acceptors (Lipinski definition) is 3. The van der Waals surface area contributed by atoms with Crippen LogP contribution in [-0.2, 0) is 4.84 Å². The molecule has 1 N–H and O–H groups in total. The van der Waals surface area contributed by atoms with Gasteiger partial charge in [-0.2, -0.15) is 5.48 Å². The van der Waals surface area contributed by atoms with Gasteiger partial charge >= 0.3 is 0 Å². The van der Waals surface area contributed by atoms with Crippen LogP contribution in [0.4, 0.5) is 0 Å². The zero-order valence-corrected chi connectivity index (χ0v) is 10.2. The maximum atomic E-state index is 6.00. The summed E-state index contributed by atoms with van der Waals surface area (Å²) < 4.78 is 0. The van der Waals surface area contributed by atoms with Crippen LogP contribution in [-0.4, -0.2) is 12.4 Å². The normalized spacial score (nSPS) is 20.0. The third kappa shape index (κ3) is 2.67. The number of nitrogens with one attached hydrogen (secondary N) is 1. The van der Waals surface area contributed by atoms with E-state index in [9.17, 15) is 0 Å². The average molecular weight is 244 g/mol. The van der Waals surface area contributed by atoms with Gasteiger partial charge in [-0.3, -0.25) is 0 Å². The Morgan fingerprint density at radius 3 is 3.27 bits per heavy atom. The molecule has 1 unspecified atom stereocenters. The van der Waals surface area contributed by atoms with Crippen LogP contribution >= 0.6 is 23.4 Å². The van der Waals surface area contributed by atoms with Crippen molar-refractivity contribution < 1.29 is 4.84 Å². The maximum Gasteiger partial charge on any atom is 0.0654 e. The van der Waals surface area contributed by atoms with Crippen molar-refractivity contribution in [2.75, 3.05) is 12.4 Å². The summed E-state index contributed by atoms with van der Waals surface area (Å²) in [6, 6.07) is 6.33. The van der Waals surface area contributed by atoms with Crippen LogP contribution < -0.4 is 5.48 Å². The fraction of sp³-hybridized carbons (Fsp3) is 0.455. The lowest BCUT2D eigenvalue weighted by molar-refractivity contribution is 0.0223. The van der Waals surface area contributed by atoms with Crippen molar-refractivity contribution in [3.8, 4) is 0 Å². The highest BCUT2D eigenvalue weighted by Crippen LogP contribution is 2.37. The molecule has 1 aliphatic rings. The second-order valence-corrected chi connectivity index (χ2v) is 5.00. The standard InChI is InChI=1S/C11H14ClNOS/c1-2-14-13-10-5-6-15-11-4-3-8(12)7-9(10)11/h3-4,7,10,13H,2,5-6H2,1H3. The molecule has 4 heteroatoms. The van der Waals surface area contributed by atoms with E-state index in [1.165, 1.54) is 10.5 Å². The van der Waals surface area contributed by atoms with E-state index in [-0.39, 0.29) is 6.04 Å². The molecule has 1 aromatic rings. The van der Waals surface area contributed by atoms with Crippen molar-refractivity contribution in [1.29, 1.82) is 0 Å². The number of rotatable bonds is 3. The number of thioether (sulfide) groups is 1. The van der Waals surface area contributed by atoms with E-state index in [2.05, 4.69) is 11.5 Å². The number of benzene rings is 1. The highest BCUT2D eigenvalue weighted by molar-refractivity contribution is 7.99. The number of hydroxylamine groups is 1. The zero-order valence-electron chi connectivity index (χ0n) is 8.63. The Balaban J connectivity index is 2.20. The molecule has 0 fully saturated rings. The molecule has 0 aliphatic carbocycles. The first-order valence-corrected chi connectivity index (χ1v) is 6.47. The largest absolute Gasteiger partial charge is 0.302 e. The predicted octanol–water partition coefficient (Wildman–Crippen LogP) is 3.42. The number of halogens is 1. The van der Waals surface area contributed by atoms with E-state index < -0.39 is 0 Å². The van der Waals surface area contributed by atoms with E-state index in [4.69, 9.17) is 16.4 Å². The minimum absolute atomic E-state index is 0.278. The third-order valence-corrected chi connectivity index (χ3v) is 3.74. The highest BCUT2D eigenvalue weighted by atomic mass is 35.5. The molecule has 1 heterocycles. The monoisotopic (exact) mass is 243 g/mol. The first-order chi connectivity index (χ1) is 7.31. The number of hydrogen-bond donors (Lipinski definition) is 1. The molecule has 0 aromatic heterocycles. The molecule has 0 bridgehead atoms. The zero-order chi connectivity index (χ0) is 10.7. The second kappa shape index (κ2) is 5.21. The van der Waals surface area contributed by atoms with Crippen LogP contribution in [0.3, 0.4) is 0 Å². The summed E-state index contributed by atoms with van der Waals surface area (Å²) in [7, 11) is 0. The van der Waals surface area contributed by atoms with Gasteiger partial charge < -0.3 is 4.84 Å². The molecule has 1 aromatic carbocycles. The molecule has 0 amide bonds. The Labute approximate surface area is 99.3 Å². The molecule has 0 spiro atoms. The summed E-state index contributed by atoms with van der Waals surface area (Å²) in [5.74, 6) is 1.12. The smallest absolute Gasteiger partial charge is 0.0654 e. The molecular formula is C11H14ClNOS. The molecule has 1 aliphatic heterocycles. The van der Waals surface area contributed by atoms with Crippen molar-refractivity contribution in [3.05, 3.63) is 28.8 Å². The first-order valence-electron chi connectivity index (χ1n) is 5.11. The van der Waals surface area contributed by atoms with Gasteiger partial charge in [-0.05, 0) is 42.9 Å². The van der Waals surface area contributed by atoms with Gasteiger partial charge in [0.05, 0.1) is 12.6 Å². The minimum Gasteiger partial charge on any atom is -0.302 e. The van der Waals surface area contributed by atoms with Gasteiger partial charge in [0, 0.05) is 9.92 Å². The fourth-order valence-electron chi connectivity index (χ4n) is 1.67. The van der Waals surface area contributed by atoms with Gasteiger partial charge in [0.1, 0.15) is 0 Å². The van der Waals surface area contributed by atoms with Crippen LogP contribution in [0.2, 0.25) is 5.02 Å². The van der Waals surface area contributed by atoms with E-state index in [1.807, 2.05) is 30.8 Å². The molecule has 15 heavy (non-hydrogen) atoms. The van der Waals surface area contributed by atoms with Crippen molar-refractivity contribution in [1.82, 2.24) is 5.48 Å². The van der Waals surface area contributed by atoms with Crippen molar-refractivity contribution in [2.24, 2.45) is 0 Å². The van der Waals surface area contributed by atoms with Crippen molar-refractivity contribution >= 4 is 23.4 Å². The van der Waals surface area contributed by atoms with Crippen LogP contribution in [0.25, 0.3) is 0 Å². The van der Waals surface area contributed by atoms with E-state index in [0.717, 1.165) is 17.2 Å². The Kier molecular flexibility index (Phi) is 3.92. The Hall–Kier alpha value is -0.220. The summed E-state index contributed by atoms with van der Waals surface area (Å²) in [5, 5.41) is 0.791. The van der Waals surface area contributed by atoms with Gasteiger partial charge in [0.15, 0.2) is 0 Å². The molecule has 82 valence electrons. The fourth-order valence-corrected chi connectivity index (χ4v) is 2.96. The summed E-state index contributed by atoms with van der Waals surface area (Å²) in [6.45, 7) is 2.66. The van der Waals surface area contributed by atoms with E-state index >= 15 is 0 Å². The van der Waals surface area contributed by atoms with Gasteiger partial charge in [0.2, 0.25) is 0 Å². The Bertz CT molecular complexity index is 345. The van der Waals surface area contributed by atoms with Gasteiger partial charge in [0.25, 0.3) is 0 Å². The lowest BCUT2D eigenvalue weighted by atomic mass is 10.1. The summed E-state index contributed by atoms with van der Waals surface area (Å²) >= 11 is 7.88. The quantitative estimate of drug-likeness (QED) is 0.822. The molecule has 1 atom stereocenters. The maximum absolute atomic E-state index is 6.00. The second-order valence-electron chi connectivity index (χ2n) is 3.42. The van der Waals surface area contributed by atoms with Crippen LogP contribution in [0.5, 0.6) is 0 Å². The van der Waals surface area contributed by atoms with Gasteiger partial charge in [-0.25, -0.2) is 0 Å². The van der Waals surface area contributed by atoms with E-state index in [0.29, 0.717) is 6.61 Å². The minimum atomic E-state index is 0.278. The summed E-state index contributed by atoms with van der Waals surface area (Å²) in [4.78, 5) is 6.58. The topological polar surface area (TPSA) is 21.3 Å². The Morgan fingerprint density at radius 2 is 2.47 bits per heavy atom. The molecular weight excluding hydrogens is 230 g/mol. The molecule has 0 radical (unpaired) electrons. The van der Waals surface area contributed by atoms with Gasteiger partial charge in [-0.1, -0.05) is 11.6 Å². The lowest BCUT2D eigenvalue weighted by Crippen LogP contribution is -2.24. The lowest BCUT2D eigenvalue weighted by Gasteiger charge is -2.25. The average Bonchev–Trinajstić information content (AvgIpc) is 2.26. The molecule has 0 saturated carbocycles. The van der Waals surface area contributed by atoms with E-state index in [1.54, 1.807) is 0 Å². The van der Waals surface area contributed by atoms with Crippen LogP contribution in [0.15, 0.2) is 23.1 Å². The SMILES string of the molecule is CCONC1CCSc2ccc(Cl)cc21. The highest BCUT2D eigenvalue weighted by Gasteiger charge is 2.20. The van der Waals surface area contributed by atoms with Crippen LogP contribution in [0, 0.1) is 0 Å². The Morgan fingerprint density at radius 1 is 1.60 bits per heavy atom. The summed E-state index contributed by atoms with van der Waals surface area (Å²) in [6.07, 6.45) is 1.08. The number of fused-ring (bicyclic) bond motifs is 1. The van der Waals surface area contributed by atoms with Gasteiger partial charge in [-0.15, -0.1) is 11.8 Å². The predicted molar refractivity (Wildman–Crippen MR) is 64.3 cm³/mol. The molecule has 2 nitrogen and oxygen atoms in total. The van der Waals surface area contributed by atoms with Crippen LogP contribution in [0.1, 0.15) is 24.9 Å². The van der Waals surface area contributed by atoms with Crippen molar-refractivity contribution in [2.45, 2.75) is 24.3 Å². The molecule has 2 rings (SSSR count). The first kappa shape index (κ1) is 11.3. The van der Waals surface area contributed by atoms with Crippen molar-refractivity contribution in [3.63, 3.8) is 0 Å². The summed E-state index contributed by atoms with van der Waals surface area (Å²) in [5.41, 5.74) is 4.34. The molecule has 0 saturated heterocycles.